The molecule has 40 heavy (non-hydrogen) atoms. The zero-order valence-electron chi connectivity index (χ0n) is 21.5. The maximum absolute atomic E-state index is 13.0. The molecule has 0 bridgehead atoms. The highest BCUT2D eigenvalue weighted by atomic mass is 32.2. The predicted molar refractivity (Wildman–Crippen MR) is 149 cm³/mol. The second kappa shape index (κ2) is 13.1. The molecule has 1 atom stereocenters. The molecule has 1 unspecified atom stereocenters. The van der Waals surface area contributed by atoms with Crippen LogP contribution in [-0.2, 0) is 4.79 Å². The van der Waals surface area contributed by atoms with Crippen LogP contribution >= 0.6 is 23.5 Å². The number of amides is 3. The second-order valence-corrected chi connectivity index (χ2v) is 12.8. The van der Waals surface area contributed by atoms with Crippen molar-refractivity contribution in [3.8, 4) is 5.75 Å². The van der Waals surface area contributed by atoms with E-state index in [0.29, 0.717) is 11.3 Å². The van der Waals surface area contributed by atoms with Gasteiger partial charge in [-0.25, -0.2) is 4.79 Å². The number of aliphatic carboxylic acids is 1. The van der Waals surface area contributed by atoms with E-state index in [1.54, 1.807) is 24.3 Å². The van der Waals surface area contributed by atoms with E-state index < -0.39 is 18.4 Å². The summed E-state index contributed by atoms with van der Waals surface area (Å²) in [6.07, 6.45) is -1.11. The number of alkyl halides is 3. The third-order valence-corrected chi connectivity index (χ3v) is 10.5. The minimum atomic E-state index is -4.80. The molecule has 2 aromatic carbocycles. The average molecular weight is 598 g/mol. The molecule has 4 N–H and O–H groups in total. The van der Waals surface area contributed by atoms with Crippen LogP contribution in [0.1, 0.15) is 54.1 Å². The smallest absolute Gasteiger partial charge is 0.481 e. The van der Waals surface area contributed by atoms with Crippen LogP contribution < -0.4 is 20.7 Å². The molecule has 8 nitrogen and oxygen atoms in total. The molecule has 3 amide bonds. The summed E-state index contributed by atoms with van der Waals surface area (Å²) in [5.74, 6) is 0.655. The summed E-state index contributed by atoms with van der Waals surface area (Å²) in [5.41, 5.74) is 1.50. The van der Waals surface area contributed by atoms with Gasteiger partial charge in [-0.3, -0.25) is 9.59 Å². The molecule has 2 aliphatic rings. The highest BCUT2D eigenvalue weighted by molar-refractivity contribution is 8.21. The van der Waals surface area contributed by atoms with Gasteiger partial charge in [-0.05, 0) is 73.6 Å². The number of halogens is 3. The third kappa shape index (κ3) is 8.47. The molecule has 1 saturated heterocycles. The van der Waals surface area contributed by atoms with E-state index in [4.69, 9.17) is 5.11 Å². The molecule has 0 aromatic heterocycles. The Morgan fingerprint density at radius 1 is 1.00 bits per heavy atom. The number of hydrogen-bond donors (Lipinski definition) is 4. The normalized spacial score (nSPS) is 17.7. The van der Waals surface area contributed by atoms with E-state index in [1.165, 1.54) is 12.1 Å². The molecule has 1 aliphatic carbocycles. The topological polar surface area (TPSA) is 117 Å². The number of carboxylic acids is 1. The van der Waals surface area contributed by atoms with Crippen LogP contribution in [0.25, 0.3) is 0 Å². The van der Waals surface area contributed by atoms with Crippen LogP contribution in [0.15, 0.2) is 48.5 Å². The summed E-state index contributed by atoms with van der Waals surface area (Å²) >= 11 is 4.02. The van der Waals surface area contributed by atoms with Crippen molar-refractivity contribution < 1.29 is 37.4 Å². The molecule has 1 spiro atoms. The van der Waals surface area contributed by atoms with Gasteiger partial charge < -0.3 is 25.8 Å². The molecule has 4 rings (SSSR count). The van der Waals surface area contributed by atoms with Crippen molar-refractivity contribution in [3.63, 3.8) is 0 Å². The summed E-state index contributed by atoms with van der Waals surface area (Å²) in [7, 11) is 0. The number of carbonyl (C=O) groups excluding carboxylic acids is 2. The zero-order chi connectivity index (χ0) is 28.8. The molecule has 2 fully saturated rings. The van der Waals surface area contributed by atoms with Crippen molar-refractivity contribution in [3.05, 3.63) is 59.7 Å². The Labute approximate surface area is 238 Å². The van der Waals surface area contributed by atoms with Crippen LogP contribution in [0, 0.1) is 5.92 Å². The molecule has 1 saturated carbocycles. The highest BCUT2D eigenvalue weighted by Crippen LogP contribution is 2.55. The van der Waals surface area contributed by atoms with Crippen LogP contribution in [0.2, 0.25) is 0 Å². The standard InChI is InChI=1S/C27H30F3N3O5S2/c28-27(29,30)38-21-7-5-20(6-8-21)32-25(37)33-23(18-9-12-26(13-10-18)39-15-16-40-26)17-1-3-19(4-2-17)24(36)31-14-11-22(34)35/h1-8,18,23H,9-16H2,(H,31,36)(H,34,35)(H2,32,33,37). The average Bonchev–Trinajstić information content (AvgIpc) is 3.36. The van der Waals surface area contributed by atoms with Crippen molar-refractivity contribution in [2.75, 3.05) is 23.4 Å². The van der Waals surface area contributed by atoms with Crippen molar-refractivity contribution in [2.45, 2.75) is 48.6 Å². The summed E-state index contributed by atoms with van der Waals surface area (Å²) in [5, 5.41) is 17.0. The van der Waals surface area contributed by atoms with Gasteiger partial charge in [-0.1, -0.05) is 12.1 Å². The van der Waals surface area contributed by atoms with Gasteiger partial charge in [0.1, 0.15) is 5.75 Å². The van der Waals surface area contributed by atoms with E-state index in [2.05, 4.69) is 20.7 Å². The number of urea groups is 1. The second-order valence-electron chi connectivity index (χ2n) is 9.61. The SMILES string of the molecule is O=C(O)CCNC(=O)c1ccc(C(NC(=O)Nc2ccc(OC(F)(F)F)cc2)C2CCC3(CC2)SCCS3)cc1. The Kier molecular flexibility index (Phi) is 9.77. The first-order valence-electron chi connectivity index (χ1n) is 12.8. The van der Waals surface area contributed by atoms with Crippen LogP contribution in [0.5, 0.6) is 5.75 Å². The van der Waals surface area contributed by atoms with Gasteiger partial charge in [0.15, 0.2) is 0 Å². The van der Waals surface area contributed by atoms with Crippen molar-refractivity contribution in [1.82, 2.24) is 10.6 Å². The largest absolute Gasteiger partial charge is 0.573 e. The minimum Gasteiger partial charge on any atom is -0.481 e. The predicted octanol–water partition coefficient (Wildman–Crippen LogP) is 6.02. The van der Waals surface area contributed by atoms with Gasteiger partial charge in [-0.2, -0.15) is 0 Å². The van der Waals surface area contributed by atoms with Crippen molar-refractivity contribution in [1.29, 1.82) is 0 Å². The summed E-state index contributed by atoms with van der Waals surface area (Å²) in [6.45, 7) is 0.0173. The molecular formula is C27H30F3N3O5S2. The fraction of sp³-hybridized carbons (Fsp3) is 0.444. The molecule has 0 radical (unpaired) electrons. The Morgan fingerprint density at radius 3 is 2.20 bits per heavy atom. The lowest BCUT2D eigenvalue weighted by Crippen LogP contribution is -2.39. The third-order valence-electron chi connectivity index (χ3n) is 6.87. The lowest BCUT2D eigenvalue weighted by molar-refractivity contribution is -0.274. The Bertz CT molecular complexity index is 1180. The monoisotopic (exact) mass is 597 g/mol. The van der Waals surface area contributed by atoms with E-state index in [1.807, 2.05) is 23.5 Å². The van der Waals surface area contributed by atoms with Crippen LogP contribution in [0.3, 0.4) is 0 Å². The quantitative estimate of drug-likeness (QED) is 0.279. The molecule has 216 valence electrons. The number of carboxylic acid groups (broad SMARTS) is 1. The lowest BCUT2D eigenvalue weighted by atomic mass is 9.80. The first-order valence-corrected chi connectivity index (χ1v) is 14.8. The maximum Gasteiger partial charge on any atom is 0.573 e. The van der Waals surface area contributed by atoms with Crippen molar-refractivity contribution in [2.24, 2.45) is 5.92 Å². The van der Waals surface area contributed by atoms with Crippen LogP contribution in [-0.4, -0.2) is 51.5 Å². The number of ether oxygens (including phenoxy) is 1. The van der Waals surface area contributed by atoms with Gasteiger partial charge in [0.05, 0.1) is 16.5 Å². The number of rotatable bonds is 9. The number of thioether (sulfide) groups is 2. The van der Waals surface area contributed by atoms with Gasteiger partial charge in [0.2, 0.25) is 0 Å². The summed E-state index contributed by atoms with van der Waals surface area (Å²) in [4.78, 5) is 36.1. The highest BCUT2D eigenvalue weighted by Gasteiger charge is 2.41. The summed E-state index contributed by atoms with van der Waals surface area (Å²) in [6, 6.07) is 10.9. The first-order chi connectivity index (χ1) is 19.0. The molecule has 1 aliphatic heterocycles. The lowest BCUT2D eigenvalue weighted by Gasteiger charge is -2.39. The van der Waals surface area contributed by atoms with E-state index in [0.717, 1.165) is 54.9 Å². The van der Waals surface area contributed by atoms with Gasteiger partial charge in [0, 0.05) is 29.3 Å². The number of hydrogen-bond acceptors (Lipinski definition) is 6. The fourth-order valence-corrected chi connectivity index (χ4v) is 8.24. The Balaban J connectivity index is 1.44. The number of benzene rings is 2. The van der Waals surface area contributed by atoms with Crippen LogP contribution in [0.4, 0.5) is 23.7 Å². The number of carbonyl (C=O) groups is 3. The minimum absolute atomic E-state index is 0.0173. The molecule has 2 aromatic rings. The van der Waals surface area contributed by atoms with E-state index >= 15 is 0 Å². The fourth-order valence-electron chi connectivity index (χ4n) is 4.95. The number of nitrogens with one attached hydrogen (secondary N) is 3. The van der Waals surface area contributed by atoms with Crippen molar-refractivity contribution >= 4 is 47.1 Å². The Morgan fingerprint density at radius 2 is 1.62 bits per heavy atom. The van der Waals surface area contributed by atoms with E-state index in [9.17, 15) is 27.6 Å². The first kappa shape index (κ1) is 29.9. The van der Waals surface area contributed by atoms with Gasteiger partial charge in [0.25, 0.3) is 5.91 Å². The number of anilines is 1. The summed E-state index contributed by atoms with van der Waals surface area (Å²) < 4.78 is 41.4. The van der Waals surface area contributed by atoms with E-state index in [-0.39, 0.29) is 40.7 Å². The Hall–Kier alpha value is -3.06. The molecule has 13 heteroatoms. The zero-order valence-corrected chi connectivity index (χ0v) is 23.1. The van der Waals surface area contributed by atoms with Gasteiger partial charge >= 0.3 is 18.4 Å². The maximum atomic E-state index is 13.0. The molecule has 1 heterocycles. The van der Waals surface area contributed by atoms with Gasteiger partial charge in [-0.15, -0.1) is 36.7 Å². The molecular weight excluding hydrogens is 567 g/mol.